The minimum Gasteiger partial charge on any atom is -0.453 e. The van der Waals surface area contributed by atoms with E-state index >= 15 is 0 Å². The second-order valence-electron chi connectivity index (χ2n) is 4.08. The molecule has 0 saturated carbocycles. The molecule has 16 heavy (non-hydrogen) atoms. The van der Waals surface area contributed by atoms with E-state index in [-0.39, 0.29) is 6.42 Å². The summed E-state index contributed by atoms with van der Waals surface area (Å²) in [7, 11) is 1.51. The molecule has 1 aliphatic rings. The third-order valence-electron chi connectivity index (χ3n) is 2.86. The molecule has 1 N–H and O–H groups in total. The zero-order valence-corrected chi connectivity index (χ0v) is 9.80. The summed E-state index contributed by atoms with van der Waals surface area (Å²) >= 11 is 0. The van der Waals surface area contributed by atoms with Crippen LogP contribution in [0.3, 0.4) is 0 Å². The van der Waals surface area contributed by atoms with E-state index in [1.54, 1.807) is 13.8 Å². The van der Waals surface area contributed by atoms with Crippen LogP contribution in [-0.4, -0.2) is 42.3 Å². The lowest BCUT2D eigenvalue weighted by Crippen LogP contribution is -2.57. The van der Waals surface area contributed by atoms with Crippen LogP contribution in [0.15, 0.2) is 12.7 Å². The van der Waals surface area contributed by atoms with Crippen molar-refractivity contribution in [3.8, 4) is 0 Å². The summed E-state index contributed by atoms with van der Waals surface area (Å²) in [6.07, 6.45) is -0.556. The summed E-state index contributed by atoms with van der Waals surface area (Å²) in [5.41, 5.74) is -0.754. The molecule has 1 saturated heterocycles. The van der Waals surface area contributed by atoms with Crippen molar-refractivity contribution in [2.45, 2.75) is 44.4 Å². The minimum absolute atomic E-state index is 0.253. The van der Waals surface area contributed by atoms with Crippen LogP contribution in [0, 0.1) is 0 Å². The van der Waals surface area contributed by atoms with Gasteiger partial charge in [0.25, 0.3) is 0 Å². The highest BCUT2D eigenvalue weighted by atomic mass is 16.6. The van der Waals surface area contributed by atoms with Crippen molar-refractivity contribution in [1.29, 1.82) is 0 Å². The molecule has 0 amide bonds. The molecule has 5 heteroatoms. The molecule has 1 heterocycles. The summed E-state index contributed by atoms with van der Waals surface area (Å²) in [4.78, 5) is 11.2. The lowest BCUT2D eigenvalue weighted by atomic mass is 9.88. The molecular weight excluding hydrogens is 212 g/mol. The molecule has 1 fully saturated rings. The number of carbonyl (C=O) groups excluding carboxylic acids is 1. The summed E-state index contributed by atoms with van der Waals surface area (Å²) in [6, 6.07) is 0. The molecule has 92 valence electrons. The van der Waals surface area contributed by atoms with Crippen molar-refractivity contribution < 1.29 is 24.1 Å². The lowest BCUT2D eigenvalue weighted by Gasteiger charge is -2.44. The first kappa shape index (κ1) is 13.2. The monoisotopic (exact) mass is 230 g/mol. The van der Waals surface area contributed by atoms with Crippen LogP contribution in [-0.2, 0) is 19.0 Å². The Bertz CT molecular complexity index is 278. The Balaban J connectivity index is 2.83. The Morgan fingerprint density at radius 1 is 1.69 bits per heavy atom. The van der Waals surface area contributed by atoms with Gasteiger partial charge in [-0.2, -0.15) is 0 Å². The Labute approximate surface area is 95.0 Å². The van der Waals surface area contributed by atoms with Crippen LogP contribution in [0.5, 0.6) is 0 Å². The molecule has 0 spiro atoms. The van der Waals surface area contributed by atoms with E-state index in [2.05, 4.69) is 6.58 Å². The highest BCUT2D eigenvalue weighted by molar-refractivity contribution is 5.81. The van der Waals surface area contributed by atoms with Gasteiger partial charge in [-0.15, -0.1) is 0 Å². The summed E-state index contributed by atoms with van der Waals surface area (Å²) < 4.78 is 15.7. The normalized spacial score (nSPS) is 39.1. The predicted molar refractivity (Wildman–Crippen MR) is 56.7 cm³/mol. The van der Waals surface area contributed by atoms with Crippen LogP contribution < -0.4 is 0 Å². The first-order valence-corrected chi connectivity index (χ1v) is 5.14. The van der Waals surface area contributed by atoms with E-state index in [1.165, 1.54) is 7.11 Å². The largest absolute Gasteiger partial charge is 0.453 e. The van der Waals surface area contributed by atoms with Gasteiger partial charge in [0.15, 0.2) is 12.4 Å². The molecular formula is C11H18O5. The van der Waals surface area contributed by atoms with Gasteiger partial charge in [-0.3, -0.25) is 0 Å². The second kappa shape index (κ2) is 4.95. The van der Waals surface area contributed by atoms with Crippen molar-refractivity contribution >= 4 is 5.97 Å². The number of carbonyl (C=O) groups is 1. The standard InChI is InChI=1S/C11H18O5/c1-5-8(12)16-10-7(2)15-9(13)6-11(10,3)14-4/h5,7,9-10,13H,1,6H2,2-4H3/t7-,9?,10-,11+/m0/s1. The number of rotatable bonds is 3. The van der Waals surface area contributed by atoms with Crippen molar-refractivity contribution in [3.63, 3.8) is 0 Å². The fourth-order valence-electron chi connectivity index (χ4n) is 1.92. The third-order valence-corrected chi connectivity index (χ3v) is 2.86. The van der Waals surface area contributed by atoms with E-state index in [4.69, 9.17) is 14.2 Å². The molecule has 1 rings (SSSR count). The highest BCUT2D eigenvalue weighted by Gasteiger charge is 2.47. The SMILES string of the molecule is C=CC(=O)O[C@H]1[C@H](C)OC(O)C[C@@]1(C)OC. The van der Waals surface area contributed by atoms with Crippen LogP contribution in [0.1, 0.15) is 20.3 Å². The maximum Gasteiger partial charge on any atom is 0.330 e. The number of hydrogen-bond donors (Lipinski definition) is 1. The quantitative estimate of drug-likeness (QED) is 0.568. The summed E-state index contributed by atoms with van der Waals surface area (Å²) in [6.45, 7) is 6.83. The first-order valence-electron chi connectivity index (χ1n) is 5.14. The Morgan fingerprint density at radius 2 is 2.31 bits per heavy atom. The van der Waals surface area contributed by atoms with Gasteiger partial charge in [0, 0.05) is 19.6 Å². The van der Waals surface area contributed by atoms with Gasteiger partial charge in [-0.25, -0.2) is 4.79 Å². The molecule has 5 nitrogen and oxygen atoms in total. The molecule has 0 bridgehead atoms. The average Bonchev–Trinajstić information content (AvgIpc) is 2.23. The van der Waals surface area contributed by atoms with E-state index < -0.39 is 30.1 Å². The van der Waals surface area contributed by atoms with Gasteiger partial charge in [-0.05, 0) is 13.8 Å². The Hall–Kier alpha value is -0.910. The highest BCUT2D eigenvalue weighted by Crippen LogP contribution is 2.33. The first-order chi connectivity index (χ1) is 7.42. The molecule has 4 atom stereocenters. The van der Waals surface area contributed by atoms with Gasteiger partial charge in [0.2, 0.25) is 0 Å². The predicted octanol–water partition coefficient (Wildman–Crippen LogP) is 0.616. The minimum atomic E-state index is -0.904. The second-order valence-corrected chi connectivity index (χ2v) is 4.08. The number of hydrogen-bond acceptors (Lipinski definition) is 5. The number of aliphatic hydroxyl groups is 1. The Morgan fingerprint density at radius 3 is 2.81 bits per heavy atom. The van der Waals surface area contributed by atoms with Crippen molar-refractivity contribution in [3.05, 3.63) is 12.7 Å². The van der Waals surface area contributed by atoms with Gasteiger partial charge in [0.1, 0.15) is 5.60 Å². The number of esters is 1. The fourth-order valence-corrected chi connectivity index (χ4v) is 1.92. The van der Waals surface area contributed by atoms with E-state index in [9.17, 15) is 9.90 Å². The van der Waals surface area contributed by atoms with Crippen molar-refractivity contribution in [1.82, 2.24) is 0 Å². The average molecular weight is 230 g/mol. The summed E-state index contributed by atoms with van der Waals surface area (Å²) in [5.74, 6) is -0.528. The molecule has 0 aromatic heterocycles. The van der Waals surface area contributed by atoms with E-state index in [0.717, 1.165) is 6.08 Å². The molecule has 1 aliphatic heterocycles. The van der Waals surface area contributed by atoms with Crippen molar-refractivity contribution in [2.75, 3.05) is 7.11 Å². The van der Waals surface area contributed by atoms with Crippen LogP contribution in [0.25, 0.3) is 0 Å². The summed E-state index contributed by atoms with van der Waals surface area (Å²) in [5, 5.41) is 9.49. The van der Waals surface area contributed by atoms with E-state index in [1.807, 2.05) is 0 Å². The van der Waals surface area contributed by atoms with E-state index in [0.29, 0.717) is 0 Å². The number of methoxy groups -OCH3 is 1. The molecule has 0 aromatic rings. The fraction of sp³-hybridized carbons (Fsp3) is 0.727. The molecule has 1 unspecified atom stereocenters. The van der Waals surface area contributed by atoms with Crippen molar-refractivity contribution in [2.24, 2.45) is 0 Å². The van der Waals surface area contributed by atoms with Crippen LogP contribution in [0.2, 0.25) is 0 Å². The molecule has 0 aromatic carbocycles. The molecule has 0 radical (unpaired) electrons. The topological polar surface area (TPSA) is 65.0 Å². The number of ether oxygens (including phenoxy) is 3. The zero-order valence-electron chi connectivity index (χ0n) is 9.80. The van der Waals surface area contributed by atoms with Crippen LogP contribution >= 0.6 is 0 Å². The molecule has 0 aliphatic carbocycles. The van der Waals surface area contributed by atoms with Gasteiger partial charge >= 0.3 is 5.97 Å². The lowest BCUT2D eigenvalue weighted by molar-refractivity contribution is -0.268. The number of aliphatic hydroxyl groups excluding tert-OH is 1. The smallest absolute Gasteiger partial charge is 0.330 e. The van der Waals surface area contributed by atoms with Crippen LogP contribution in [0.4, 0.5) is 0 Å². The zero-order chi connectivity index (χ0) is 12.3. The van der Waals surface area contributed by atoms with Gasteiger partial charge in [-0.1, -0.05) is 6.58 Å². The third kappa shape index (κ3) is 2.61. The maximum absolute atomic E-state index is 11.2. The Kier molecular flexibility index (Phi) is 4.07. The maximum atomic E-state index is 11.2. The van der Waals surface area contributed by atoms with Gasteiger partial charge < -0.3 is 19.3 Å². The van der Waals surface area contributed by atoms with Gasteiger partial charge in [0.05, 0.1) is 6.10 Å².